The highest BCUT2D eigenvalue weighted by molar-refractivity contribution is 6.31. The molecule has 146 valence electrons. The molecular formula is C21H16ClFN4O2. The molecule has 1 amide bonds. The van der Waals surface area contributed by atoms with Crippen molar-refractivity contribution in [2.45, 2.75) is 6.54 Å². The fraction of sp³-hybridized carbons (Fsp3) is 0.0952. The van der Waals surface area contributed by atoms with E-state index < -0.39 is 5.82 Å². The largest absolute Gasteiger partial charge is 0.619 e. The number of benzene rings is 2. The lowest BCUT2D eigenvalue weighted by Crippen LogP contribution is -2.33. The van der Waals surface area contributed by atoms with Gasteiger partial charge in [-0.25, -0.2) is 9.37 Å². The van der Waals surface area contributed by atoms with Crippen LogP contribution in [-0.2, 0) is 13.6 Å². The molecule has 6 nitrogen and oxygen atoms in total. The summed E-state index contributed by atoms with van der Waals surface area (Å²) in [4.78, 5) is 18.8. The normalized spacial score (nSPS) is 11.0. The number of carbonyl (C=O) groups is 1. The molecule has 8 heteroatoms. The molecule has 0 saturated heterocycles. The van der Waals surface area contributed by atoms with Crippen LogP contribution in [0.25, 0.3) is 10.8 Å². The number of aromatic nitrogens is 3. The van der Waals surface area contributed by atoms with Crippen LogP contribution in [0.4, 0.5) is 10.1 Å². The first kappa shape index (κ1) is 18.9. The van der Waals surface area contributed by atoms with Crippen molar-refractivity contribution in [2.24, 2.45) is 7.05 Å². The lowest BCUT2D eigenvalue weighted by molar-refractivity contribution is -0.604. The van der Waals surface area contributed by atoms with Crippen molar-refractivity contribution >= 4 is 34.0 Å². The predicted octanol–water partition coefficient (Wildman–Crippen LogP) is 3.85. The minimum atomic E-state index is -0.499. The molecule has 0 aliphatic rings. The van der Waals surface area contributed by atoms with Crippen molar-refractivity contribution in [1.29, 1.82) is 0 Å². The summed E-state index contributed by atoms with van der Waals surface area (Å²) in [5, 5.41) is 13.3. The summed E-state index contributed by atoms with van der Waals surface area (Å²) in [6.07, 6.45) is 5.52. The van der Waals surface area contributed by atoms with Gasteiger partial charge in [0, 0.05) is 28.7 Å². The summed E-state index contributed by atoms with van der Waals surface area (Å²) in [7, 11) is 1.72. The van der Waals surface area contributed by atoms with Crippen LogP contribution < -0.4 is 9.63 Å². The Labute approximate surface area is 171 Å². The van der Waals surface area contributed by atoms with Gasteiger partial charge in [-0.15, -0.1) is 0 Å². The molecule has 4 rings (SSSR count). The first-order valence-corrected chi connectivity index (χ1v) is 9.15. The zero-order valence-corrected chi connectivity index (χ0v) is 16.2. The third-order valence-electron chi connectivity index (χ3n) is 4.67. The summed E-state index contributed by atoms with van der Waals surface area (Å²) >= 11 is 6.13. The minimum absolute atomic E-state index is 0.0490. The molecule has 0 bridgehead atoms. The van der Waals surface area contributed by atoms with Gasteiger partial charge in [-0.3, -0.25) is 4.79 Å². The van der Waals surface area contributed by atoms with Crippen LogP contribution in [0.1, 0.15) is 16.1 Å². The fourth-order valence-corrected chi connectivity index (χ4v) is 3.44. The summed E-state index contributed by atoms with van der Waals surface area (Å²) in [6, 6.07) is 11.4. The van der Waals surface area contributed by atoms with E-state index in [1.54, 1.807) is 48.0 Å². The Kier molecular flexibility index (Phi) is 4.90. The van der Waals surface area contributed by atoms with E-state index in [0.717, 1.165) is 0 Å². The number of rotatable bonds is 4. The molecule has 0 unspecified atom stereocenters. The zero-order valence-electron chi connectivity index (χ0n) is 15.4. The zero-order chi connectivity index (χ0) is 20.5. The second-order valence-corrected chi connectivity index (χ2v) is 7.04. The molecule has 0 radical (unpaired) electrons. The van der Waals surface area contributed by atoms with Crippen molar-refractivity contribution in [3.05, 3.63) is 94.7 Å². The summed E-state index contributed by atoms with van der Waals surface area (Å²) in [6.45, 7) is 0.0490. The Balaban J connectivity index is 1.85. The van der Waals surface area contributed by atoms with Crippen molar-refractivity contribution in [3.63, 3.8) is 0 Å². The Morgan fingerprint density at radius 3 is 2.76 bits per heavy atom. The van der Waals surface area contributed by atoms with E-state index >= 15 is 0 Å². The number of aryl methyl sites for hydroxylation is 1. The van der Waals surface area contributed by atoms with E-state index in [1.165, 1.54) is 35.9 Å². The number of hydrogen-bond acceptors (Lipinski definition) is 3. The van der Waals surface area contributed by atoms with Gasteiger partial charge in [-0.05, 0) is 24.3 Å². The number of imidazole rings is 1. The molecular weight excluding hydrogens is 395 g/mol. The molecule has 0 fully saturated rings. The maximum atomic E-state index is 14.2. The minimum Gasteiger partial charge on any atom is -0.619 e. The van der Waals surface area contributed by atoms with Crippen LogP contribution >= 0.6 is 11.6 Å². The maximum Gasteiger partial charge on any atom is 0.276 e. The van der Waals surface area contributed by atoms with Crippen LogP contribution in [0.15, 0.2) is 67.4 Å². The van der Waals surface area contributed by atoms with Gasteiger partial charge in [0.05, 0.1) is 24.5 Å². The predicted molar refractivity (Wildman–Crippen MR) is 108 cm³/mol. The second-order valence-electron chi connectivity index (χ2n) is 6.61. The lowest BCUT2D eigenvalue weighted by Gasteiger charge is -2.23. The number of amides is 1. The van der Waals surface area contributed by atoms with E-state index in [2.05, 4.69) is 4.98 Å². The molecule has 0 atom stereocenters. The van der Waals surface area contributed by atoms with Crippen LogP contribution in [0, 0.1) is 11.0 Å². The number of fused-ring (bicyclic) bond motifs is 1. The van der Waals surface area contributed by atoms with Gasteiger partial charge in [0.1, 0.15) is 11.5 Å². The number of carbonyl (C=O) groups excluding carboxylic acids is 1. The Hall–Kier alpha value is -3.45. The standard InChI is InChI=1S/C21H16ClFN4O2/c1-25-13-24-9-20(25)21(28)27(16-5-2-4-15(22)8-16)11-14-10-26(29)12-18-17(14)6-3-7-19(18)23/h2-10,12-13H,11H2,1H3. The SMILES string of the molecule is Cn1cncc1C(=O)N(Cc1c[n+]([O-])cc2c(F)cccc12)c1cccc(Cl)c1. The molecule has 2 aromatic carbocycles. The van der Waals surface area contributed by atoms with Gasteiger partial charge < -0.3 is 14.7 Å². The molecule has 0 N–H and O–H groups in total. The van der Waals surface area contributed by atoms with Crippen molar-refractivity contribution in [1.82, 2.24) is 9.55 Å². The van der Waals surface area contributed by atoms with Gasteiger partial charge in [-0.1, -0.05) is 29.8 Å². The molecule has 29 heavy (non-hydrogen) atoms. The number of pyridine rings is 1. The number of halogens is 2. The van der Waals surface area contributed by atoms with Gasteiger partial charge in [0.2, 0.25) is 0 Å². The number of hydrogen-bond donors (Lipinski definition) is 0. The summed E-state index contributed by atoms with van der Waals surface area (Å²) in [5.74, 6) is -0.820. The van der Waals surface area contributed by atoms with Crippen molar-refractivity contribution in [2.75, 3.05) is 4.90 Å². The first-order valence-electron chi connectivity index (χ1n) is 8.77. The first-order chi connectivity index (χ1) is 13.9. The van der Waals surface area contributed by atoms with Crippen LogP contribution in [0.2, 0.25) is 5.02 Å². The Bertz CT molecular complexity index is 1220. The molecule has 4 aromatic rings. The average molecular weight is 411 g/mol. The maximum absolute atomic E-state index is 14.2. The summed E-state index contributed by atoms with van der Waals surface area (Å²) in [5.41, 5.74) is 1.42. The second kappa shape index (κ2) is 7.52. The topological polar surface area (TPSA) is 65.1 Å². The molecule has 0 spiro atoms. The highest BCUT2D eigenvalue weighted by atomic mass is 35.5. The third-order valence-corrected chi connectivity index (χ3v) is 4.90. The summed E-state index contributed by atoms with van der Waals surface area (Å²) < 4.78 is 16.4. The lowest BCUT2D eigenvalue weighted by atomic mass is 10.1. The van der Waals surface area contributed by atoms with Crippen molar-refractivity contribution in [3.8, 4) is 0 Å². The monoisotopic (exact) mass is 410 g/mol. The van der Waals surface area contributed by atoms with E-state index in [-0.39, 0.29) is 17.8 Å². The molecule has 0 aliphatic carbocycles. The molecule has 2 aromatic heterocycles. The number of anilines is 1. The smallest absolute Gasteiger partial charge is 0.276 e. The highest BCUT2D eigenvalue weighted by Crippen LogP contribution is 2.26. The fourth-order valence-electron chi connectivity index (χ4n) is 3.26. The van der Waals surface area contributed by atoms with E-state index in [1.807, 2.05) is 0 Å². The average Bonchev–Trinajstić information content (AvgIpc) is 3.12. The van der Waals surface area contributed by atoms with E-state index in [0.29, 0.717) is 32.1 Å². The third kappa shape index (κ3) is 3.64. The van der Waals surface area contributed by atoms with E-state index in [9.17, 15) is 14.4 Å². The number of nitrogens with zero attached hydrogens (tertiary/aromatic N) is 4. The highest BCUT2D eigenvalue weighted by Gasteiger charge is 2.23. The Morgan fingerprint density at radius 2 is 2.03 bits per heavy atom. The van der Waals surface area contributed by atoms with Gasteiger partial charge in [0.15, 0.2) is 12.4 Å². The molecule has 0 aliphatic heterocycles. The Morgan fingerprint density at radius 1 is 1.24 bits per heavy atom. The van der Waals surface area contributed by atoms with Crippen LogP contribution in [0.3, 0.4) is 0 Å². The van der Waals surface area contributed by atoms with Crippen LogP contribution in [-0.4, -0.2) is 15.5 Å². The van der Waals surface area contributed by atoms with Crippen molar-refractivity contribution < 1.29 is 13.9 Å². The van der Waals surface area contributed by atoms with Gasteiger partial charge >= 0.3 is 0 Å². The van der Waals surface area contributed by atoms with Crippen LogP contribution in [0.5, 0.6) is 0 Å². The van der Waals surface area contributed by atoms with E-state index in [4.69, 9.17) is 11.6 Å². The molecule has 2 heterocycles. The molecule has 0 saturated carbocycles. The quantitative estimate of drug-likeness (QED) is 0.379. The van der Waals surface area contributed by atoms with Gasteiger partial charge in [0.25, 0.3) is 5.91 Å². The van der Waals surface area contributed by atoms with Gasteiger partial charge in [-0.2, -0.15) is 4.73 Å².